The number of anilines is 1. The predicted molar refractivity (Wildman–Crippen MR) is 105 cm³/mol. The molecule has 6 nitrogen and oxygen atoms in total. The zero-order valence-electron chi connectivity index (χ0n) is 15.8. The van der Waals surface area contributed by atoms with E-state index in [0.29, 0.717) is 0 Å². The Morgan fingerprint density at radius 2 is 1.93 bits per heavy atom. The van der Waals surface area contributed by atoms with E-state index in [4.69, 9.17) is 9.47 Å². The lowest BCUT2D eigenvalue weighted by Gasteiger charge is -2.32. The number of nitrogens with zero attached hydrogens (tertiary/aromatic N) is 3. The molecule has 0 spiro atoms. The molecular weight excluding hydrogens is 340 g/mol. The summed E-state index contributed by atoms with van der Waals surface area (Å²) in [5.41, 5.74) is 3.62. The minimum absolute atomic E-state index is 0.00431. The van der Waals surface area contributed by atoms with Crippen LogP contribution in [0.2, 0.25) is 0 Å². The van der Waals surface area contributed by atoms with Gasteiger partial charge in [-0.25, -0.2) is 4.68 Å². The normalized spacial score (nSPS) is 18.5. The van der Waals surface area contributed by atoms with Crippen LogP contribution in [0.25, 0.3) is 0 Å². The van der Waals surface area contributed by atoms with Crippen LogP contribution in [-0.4, -0.2) is 29.0 Å². The zero-order valence-corrected chi connectivity index (χ0v) is 15.8. The molecule has 2 heterocycles. The molecule has 140 valence electrons. The van der Waals surface area contributed by atoms with Gasteiger partial charge in [0.1, 0.15) is 6.33 Å². The highest BCUT2D eigenvalue weighted by Gasteiger charge is 2.32. The van der Waals surface area contributed by atoms with Crippen LogP contribution in [0.3, 0.4) is 0 Å². The molecule has 0 saturated carbocycles. The van der Waals surface area contributed by atoms with Gasteiger partial charge in [0.25, 0.3) is 0 Å². The first kappa shape index (κ1) is 17.4. The smallest absolute Gasteiger partial charge is 0.222 e. The topological polar surface area (TPSA) is 61.2 Å². The van der Waals surface area contributed by atoms with Crippen LogP contribution >= 0.6 is 0 Å². The average molecular weight is 364 g/mol. The molecule has 4 rings (SSSR count). The molecule has 1 aliphatic rings. The lowest BCUT2D eigenvalue weighted by atomic mass is 9.92. The minimum Gasteiger partial charge on any atom is -0.493 e. The second-order valence-electron chi connectivity index (χ2n) is 6.65. The van der Waals surface area contributed by atoms with E-state index in [9.17, 15) is 0 Å². The van der Waals surface area contributed by atoms with Gasteiger partial charge >= 0.3 is 0 Å². The molecule has 2 atom stereocenters. The van der Waals surface area contributed by atoms with Crippen LogP contribution in [0.15, 0.2) is 48.8 Å². The van der Waals surface area contributed by atoms with E-state index in [2.05, 4.69) is 52.7 Å². The minimum atomic E-state index is 0.00431. The largest absolute Gasteiger partial charge is 0.493 e. The summed E-state index contributed by atoms with van der Waals surface area (Å²) in [6.45, 7) is 2.17. The summed E-state index contributed by atoms with van der Waals surface area (Å²) in [5.74, 6) is 2.23. The maximum Gasteiger partial charge on any atom is 0.222 e. The maximum atomic E-state index is 5.68. The fraction of sp³-hybridized carbons (Fsp3) is 0.333. The van der Waals surface area contributed by atoms with Gasteiger partial charge < -0.3 is 14.8 Å². The summed E-state index contributed by atoms with van der Waals surface area (Å²) in [6.07, 6.45) is 3.46. The number of ether oxygens (including phenoxy) is 2. The van der Waals surface area contributed by atoms with Crippen LogP contribution in [0, 0.1) is 0 Å². The van der Waals surface area contributed by atoms with Crippen molar-refractivity contribution in [2.45, 2.75) is 31.8 Å². The quantitative estimate of drug-likeness (QED) is 0.741. The Morgan fingerprint density at radius 3 is 2.63 bits per heavy atom. The highest BCUT2D eigenvalue weighted by molar-refractivity contribution is 5.50. The molecule has 1 aliphatic heterocycles. The van der Waals surface area contributed by atoms with Crippen molar-refractivity contribution >= 4 is 5.95 Å². The number of para-hydroxylation sites is 1. The van der Waals surface area contributed by atoms with Gasteiger partial charge in [-0.15, -0.1) is 0 Å². The number of hydrogen-bond acceptors (Lipinski definition) is 5. The third kappa shape index (κ3) is 3.12. The van der Waals surface area contributed by atoms with Crippen molar-refractivity contribution in [3.05, 3.63) is 65.5 Å². The summed E-state index contributed by atoms with van der Waals surface area (Å²) in [4.78, 5) is 4.41. The van der Waals surface area contributed by atoms with Crippen LogP contribution in [0.4, 0.5) is 5.95 Å². The van der Waals surface area contributed by atoms with Gasteiger partial charge in [0.2, 0.25) is 5.95 Å². The molecule has 0 amide bonds. The molecule has 2 aromatic carbocycles. The number of nitrogens with one attached hydrogen (secondary N) is 1. The van der Waals surface area contributed by atoms with Crippen molar-refractivity contribution in [2.75, 3.05) is 19.5 Å². The average Bonchev–Trinajstić information content (AvgIpc) is 3.21. The molecule has 6 heteroatoms. The number of aromatic nitrogens is 3. The van der Waals surface area contributed by atoms with Crippen molar-refractivity contribution in [1.29, 1.82) is 0 Å². The fourth-order valence-electron chi connectivity index (χ4n) is 3.76. The zero-order chi connectivity index (χ0) is 18.8. The molecule has 1 aromatic heterocycles. The van der Waals surface area contributed by atoms with Gasteiger partial charge in [0.15, 0.2) is 11.5 Å². The summed E-state index contributed by atoms with van der Waals surface area (Å²) in [5, 5.41) is 7.96. The first-order chi connectivity index (χ1) is 13.2. The number of hydrogen-bond donors (Lipinski definition) is 1. The second kappa shape index (κ2) is 7.31. The summed E-state index contributed by atoms with van der Waals surface area (Å²) in [6, 6.07) is 14.9. The highest BCUT2D eigenvalue weighted by atomic mass is 16.5. The van der Waals surface area contributed by atoms with Crippen molar-refractivity contribution in [3.63, 3.8) is 0 Å². The highest BCUT2D eigenvalue weighted by Crippen LogP contribution is 2.43. The van der Waals surface area contributed by atoms with E-state index in [-0.39, 0.29) is 12.1 Å². The van der Waals surface area contributed by atoms with E-state index in [1.54, 1.807) is 20.5 Å². The van der Waals surface area contributed by atoms with Crippen molar-refractivity contribution in [1.82, 2.24) is 14.8 Å². The van der Waals surface area contributed by atoms with Crippen LogP contribution in [0.1, 0.15) is 42.1 Å². The molecule has 0 unspecified atom stereocenters. The first-order valence-corrected chi connectivity index (χ1v) is 9.21. The standard InChI is InChI=1S/C21H24N4O2/c1-4-14-8-10-15(11-9-14)17-12-18(25-21(24-17)22-13-23-25)16-6-5-7-19(26-2)20(16)27-3/h5-11,13,17-18H,4,12H2,1-3H3,(H,22,23,24)/t17-,18-/m1/s1. The fourth-order valence-corrected chi connectivity index (χ4v) is 3.76. The Balaban J connectivity index is 1.75. The number of methoxy groups -OCH3 is 2. The Labute approximate surface area is 159 Å². The third-order valence-electron chi connectivity index (χ3n) is 5.21. The molecular formula is C21H24N4O2. The van der Waals surface area contributed by atoms with Crippen LogP contribution < -0.4 is 14.8 Å². The van der Waals surface area contributed by atoms with Gasteiger partial charge in [-0.1, -0.05) is 43.3 Å². The Bertz CT molecular complexity index is 920. The third-order valence-corrected chi connectivity index (χ3v) is 5.21. The van der Waals surface area contributed by atoms with Crippen LogP contribution in [0.5, 0.6) is 11.5 Å². The summed E-state index contributed by atoms with van der Waals surface area (Å²) >= 11 is 0. The SMILES string of the molecule is CCc1ccc([C@H]2C[C@H](c3cccc(OC)c3OC)n3ncnc3N2)cc1. The molecule has 0 aliphatic carbocycles. The van der Waals surface area contributed by atoms with Crippen molar-refractivity contribution < 1.29 is 9.47 Å². The Kier molecular flexibility index (Phi) is 4.71. The van der Waals surface area contributed by atoms with Gasteiger partial charge in [-0.3, -0.25) is 0 Å². The molecule has 27 heavy (non-hydrogen) atoms. The number of benzene rings is 2. The Morgan fingerprint density at radius 1 is 1.11 bits per heavy atom. The molecule has 3 aromatic rings. The molecule has 1 N–H and O–H groups in total. The molecule has 0 saturated heterocycles. The molecule has 0 bridgehead atoms. The Hall–Kier alpha value is -3.02. The van der Waals surface area contributed by atoms with Gasteiger partial charge in [-0.2, -0.15) is 10.1 Å². The molecule has 0 radical (unpaired) electrons. The van der Waals surface area contributed by atoms with E-state index in [0.717, 1.165) is 35.9 Å². The molecule has 0 fully saturated rings. The lowest BCUT2D eigenvalue weighted by Crippen LogP contribution is -2.28. The van der Waals surface area contributed by atoms with E-state index >= 15 is 0 Å². The number of aryl methyl sites for hydroxylation is 1. The van der Waals surface area contributed by atoms with Gasteiger partial charge in [0.05, 0.1) is 26.3 Å². The first-order valence-electron chi connectivity index (χ1n) is 9.21. The van der Waals surface area contributed by atoms with E-state index in [1.165, 1.54) is 11.1 Å². The van der Waals surface area contributed by atoms with Crippen LogP contribution in [-0.2, 0) is 6.42 Å². The predicted octanol–water partition coefficient (Wildman–Crippen LogP) is 4.00. The maximum absolute atomic E-state index is 5.68. The van der Waals surface area contributed by atoms with Crippen molar-refractivity contribution in [2.24, 2.45) is 0 Å². The van der Waals surface area contributed by atoms with Gasteiger partial charge in [0, 0.05) is 5.56 Å². The second-order valence-corrected chi connectivity index (χ2v) is 6.65. The summed E-state index contributed by atoms with van der Waals surface area (Å²) < 4.78 is 13.1. The number of fused-ring (bicyclic) bond motifs is 1. The van der Waals surface area contributed by atoms with Gasteiger partial charge in [-0.05, 0) is 30.0 Å². The van der Waals surface area contributed by atoms with E-state index < -0.39 is 0 Å². The number of rotatable bonds is 5. The lowest BCUT2D eigenvalue weighted by molar-refractivity contribution is 0.340. The van der Waals surface area contributed by atoms with E-state index in [1.807, 2.05) is 16.8 Å². The van der Waals surface area contributed by atoms with Crippen molar-refractivity contribution in [3.8, 4) is 11.5 Å². The summed E-state index contributed by atoms with van der Waals surface area (Å²) in [7, 11) is 3.33. The monoisotopic (exact) mass is 364 g/mol.